The van der Waals surface area contributed by atoms with Crippen LogP contribution in [0.5, 0.6) is 0 Å². The van der Waals surface area contributed by atoms with Crippen molar-refractivity contribution in [3.05, 3.63) is 29.8 Å². The van der Waals surface area contributed by atoms with Gasteiger partial charge < -0.3 is 20.4 Å². The summed E-state index contributed by atoms with van der Waals surface area (Å²) in [6.07, 6.45) is -6.44. The van der Waals surface area contributed by atoms with Crippen molar-refractivity contribution in [3.8, 4) is 0 Å². The van der Waals surface area contributed by atoms with Crippen molar-refractivity contribution in [1.82, 2.24) is 4.90 Å². The molecule has 5 nitrogen and oxygen atoms in total. The number of carbonyl (C=O) groups excluding carboxylic acids is 1. The van der Waals surface area contributed by atoms with Crippen LogP contribution in [0.1, 0.15) is 5.56 Å². The number of likely N-dealkylation sites (tertiary alicyclic amines) is 1. The van der Waals surface area contributed by atoms with Crippen molar-refractivity contribution in [2.24, 2.45) is 0 Å². The molecule has 1 heterocycles. The van der Waals surface area contributed by atoms with Crippen LogP contribution in [0.4, 0.5) is 23.7 Å². The third-order valence-corrected chi connectivity index (χ3v) is 3.01. The van der Waals surface area contributed by atoms with Gasteiger partial charge in [-0.1, -0.05) is 0 Å². The van der Waals surface area contributed by atoms with E-state index in [9.17, 15) is 28.2 Å². The lowest BCUT2D eigenvalue weighted by atomic mass is 10.2. The van der Waals surface area contributed by atoms with Gasteiger partial charge in [0.2, 0.25) is 0 Å². The summed E-state index contributed by atoms with van der Waals surface area (Å²) in [6, 6.07) is 3.43. The molecule has 1 aliphatic rings. The summed E-state index contributed by atoms with van der Waals surface area (Å²) >= 11 is 0. The number of aliphatic hydroxyl groups is 2. The Balaban J connectivity index is 1.98. The van der Waals surface area contributed by atoms with Gasteiger partial charge in [-0.2, -0.15) is 13.2 Å². The number of halogens is 3. The van der Waals surface area contributed by atoms with Crippen LogP contribution in [-0.4, -0.2) is 46.4 Å². The van der Waals surface area contributed by atoms with Crippen molar-refractivity contribution in [1.29, 1.82) is 0 Å². The molecule has 0 aromatic heterocycles. The van der Waals surface area contributed by atoms with Crippen LogP contribution in [0.2, 0.25) is 0 Å². The Morgan fingerprint density at radius 3 is 2.10 bits per heavy atom. The van der Waals surface area contributed by atoms with Gasteiger partial charge >= 0.3 is 12.2 Å². The van der Waals surface area contributed by atoms with Crippen molar-refractivity contribution < 1.29 is 28.2 Å². The number of benzene rings is 1. The number of amides is 2. The van der Waals surface area contributed by atoms with Gasteiger partial charge in [0.25, 0.3) is 0 Å². The van der Waals surface area contributed by atoms with E-state index in [1.54, 1.807) is 0 Å². The molecule has 2 atom stereocenters. The topological polar surface area (TPSA) is 72.8 Å². The third-order valence-electron chi connectivity index (χ3n) is 3.01. The molecule has 0 radical (unpaired) electrons. The van der Waals surface area contributed by atoms with Gasteiger partial charge in [-0.15, -0.1) is 0 Å². The molecule has 1 fully saturated rings. The highest BCUT2D eigenvalue weighted by Gasteiger charge is 2.33. The number of aliphatic hydroxyl groups excluding tert-OH is 2. The van der Waals surface area contributed by atoms with E-state index in [4.69, 9.17) is 0 Å². The molecule has 1 aromatic carbocycles. The van der Waals surface area contributed by atoms with Crippen LogP contribution in [-0.2, 0) is 6.18 Å². The molecular formula is C12H13F3N2O3. The molecule has 0 saturated carbocycles. The van der Waals surface area contributed by atoms with Crippen LogP contribution in [0, 0.1) is 0 Å². The number of urea groups is 1. The molecular weight excluding hydrogens is 277 g/mol. The van der Waals surface area contributed by atoms with Gasteiger partial charge in [0.1, 0.15) is 0 Å². The summed E-state index contributed by atoms with van der Waals surface area (Å²) in [5.41, 5.74) is -0.596. The molecule has 2 amide bonds. The van der Waals surface area contributed by atoms with E-state index in [-0.39, 0.29) is 18.8 Å². The molecule has 2 rings (SSSR count). The van der Waals surface area contributed by atoms with E-state index in [1.165, 1.54) is 4.90 Å². The lowest BCUT2D eigenvalue weighted by Gasteiger charge is -2.16. The van der Waals surface area contributed by atoms with Crippen LogP contribution >= 0.6 is 0 Å². The molecule has 1 aliphatic heterocycles. The minimum atomic E-state index is -4.42. The second kappa shape index (κ2) is 5.29. The molecule has 0 unspecified atom stereocenters. The average Bonchev–Trinajstić information content (AvgIpc) is 2.69. The van der Waals surface area contributed by atoms with Gasteiger partial charge in [0, 0.05) is 5.69 Å². The lowest BCUT2D eigenvalue weighted by Crippen LogP contribution is -2.33. The van der Waals surface area contributed by atoms with Crippen molar-refractivity contribution in [2.45, 2.75) is 18.4 Å². The smallest absolute Gasteiger partial charge is 0.388 e. The standard InChI is InChI=1S/C12H13F3N2O3/c13-12(14,15)7-1-3-8(4-2-7)16-11(20)17-5-9(18)10(19)6-17/h1-4,9-10,18-19H,5-6H2,(H,16,20)/t9-,10+. The van der Waals surface area contributed by atoms with Crippen LogP contribution in [0.3, 0.4) is 0 Å². The number of β-amino-alcohol motifs (C(OH)–C–C–N with tert-alkyl or cyclic N) is 2. The molecule has 3 N–H and O–H groups in total. The number of carbonyl (C=O) groups is 1. The van der Waals surface area contributed by atoms with E-state index < -0.39 is 30.0 Å². The fraction of sp³-hybridized carbons (Fsp3) is 0.417. The van der Waals surface area contributed by atoms with Crippen molar-refractivity contribution >= 4 is 11.7 Å². The Hall–Kier alpha value is -1.80. The van der Waals surface area contributed by atoms with Gasteiger partial charge in [-0.05, 0) is 24.3 Å². The van der Waals surface area contributed by atoms with Gasteiger partial charge in [-0.25, -0.2) is 4.79 Å². The number of anilines is 1. The van der Waals surface area contributed by atoms with E-state index in [2.05, 4.69) is 5.32 Å². The first kappa shape index (κ1) is 14.6. The zero-order chi connectivity index (χ0) is 14.9. The highest BCUT2D eigenvalue weighted by Crippen LogP contribution is 2.29. The SMILES string of the molecule is O=C(Nc1ccc(C(F)(F)F)cc1)N1C[C@@H](O)[C@@H](O)C1. The predicted octanol–water partition coefficient (Wildman–Crippen LogP) is 1.27. The number of rotatable bonds is 1. The monoisotopic (exact) mass is 290 g/mol. The largest absolute Gasteiger partial charge is 0.416 e. The summed E-state index contributed by atoms with van der Waals surface area (Å²) in [7, 11) is 0. The molecule has 20 heavy (non-hydrogen) atoms. The summed E-state index contributed by atoms with van der Waals surface area (Å²) in [5, 5.41) is 21.0. The zero-order valence-electron chi connectivity index (χ0n) is 10.3. The van der Waals surface area contributed by atoms with Gasteiger partial charge in [-0.3, -0.25) is 0 Å². The highest BCUT2D eigenvalue weighted by molar-refractivity contribution is 5.89. The van der Waals surface area contributed by atoms with E-state index in [0.717, 1.165) is 24.3 Å². The van der Waals surface area contributed by atoms with E-state index >= 15 is 0 Å². The fourth-order valence-corrected chi connectivity index (χ4v) is 1.88. The normalized spacial score (nSPS) is 22.9. The molecule has 1 saturated heterocycles. The lowest BCUT2D eigenvalue weighted by molar-refractivity contribution is -0.137. The number of hydrogen-bond acceptors (Lipinski definition) is 3. The predicted molar refractivity (Wildman–Crippen MR) is 64.0 cm³/mol. The summed E-state index contributed by atoms with van der Waals surface area (Å²) in [4.78, 5) is 12.9. The quantitative estimate of drug-likeness (QED) is 0.729. The summed E-state index contributed by atoms with van der Waals surface area (Å²) in [6.45, 7) is -0.0404. The van der Waals surface area contributed by atoms with Gasteiger partial charge in [0.15, 0.2) is 0 Å². The Bertz CT molecular complexity index is 480. The van der Waals surface area contributed by atoms with Crippen molar-refractivity contribution in [3.63, 3.8) is 0 Å². The Morgan fingerprint density at radius 2 is 1.65 bits per heavy atom. The number of nitrogens with one attached hydrogen (secondary N) is 1. The third kappa shape index (κ3) is 3.20. The first-order valence-corrected chi connectivity index (χ1v) is 5.86. The molecule has 0 aliphatic carbocycles. The second-order valence-electron chi connectivity index (χ2n) is 4.54. The molecule has 1 aromatic rings. The molecule has 110 valence electrons. The van der Waals surface area contributed by atoms with E-state index in [1.807, 2.05) is 0 Å². The average molecular weight is 290 g/mol. The zero-order valence-corrected chi connectivity index (χ0v) is 10.3. The van der Waals surface area contributed by atoms with Crippen LogP contribution in [0.15, 0.2) is 24.3 Å². The Labute approximate surface area is 112 Å². The first-order valence-electron chi connectivity index (χ1n) is 5.86. The number of alkyl halides is 3. The highest BCUT2D eigenvalue weighted by atomic mass is 19.4. The van der Waals surface area contributed by atoms with E-state index in [0.29, 0.717) is 0 Å². The second-order valence-corrected chi connectivity index (χ2v) is 4.54. The maximum atomic E-state index is 12.4. The summed E-state index contributed by atoms with van der Waals surface area (Å²) in [5.74, 6) is 0. The molecule has 0 spiro atoms. The number of nitrogens with zero attached hydrogens (tertiary/aromatic N) is 1. The minimum absolute atomic E-state index is 0.0202. The van der Waals surface area contributed by atoms with Crippen LogP contribution in [0.25, 0.3) is 0 Å². The molecule has 8 heteroatoms. The maximum Gasteiger partial charge on any atom is 0.416 e. The number of hydrogen-bond donors (Lipinski definition) is 3. The first-order chi connectivity index (χ1) is 9.27. The van der Waals surface area contributed by atoms with Crippen molar-refractivity contribution in [2.75, 3.05) is 18.4 Å². The Kier molecular flexibility index (Phi) is 3.87. The van der Waals surface area contributed by atoms with Crippen LogP contribution < -0.4 is 5.32 Å². The fourth-order valence-electron chi connectivity index (χ4n) is 1.88. The maximum absolute atomic E-state index is 12.4. The minimum Gasteiger partial charge on any atom is -0.388 e. The Morgan fingerprint density at radius 1 is 1.15 bits per heavy atom. The molecule has 0 bridgehead atoms. The summed E-state index contributed by atoms with van der Waals surface area (Å²) < 4.78 is 37.1. The van der Waals surface area contributed by atoms with Gasteiger partial charge in [0.05, 0.1) is 30.9 Å².